The van der Waals surface area contributed by atoms with Crippen LogP contribution in [-0.2, 0) is 14.8 Å². The Morgan fingerprint density at radius 1 is 1.15 bits per heavy atom. The minimum atomic E-state index is -3.77. The van der Waals surface area contributed by atoms with Crippen molar-refractivity contribution < 1.29 is 22.7 Å². The zero-order valence-electron chi connectivity index (χ0n) is 15.4. The standard InChI is InChI=1S/C18H21ClN2O5S/c1-12-5-6-13(9-15(12)19)20-18(22)11-21(27(4,23)24)16-10-14(25-2)7-8-17(16)26-3/h5-10H,11H2,1-4H3,(H,20,22). The van der Waals surface area contributed by atoms with E-state index in [0.29, 0.717) is 22.2 Å². The first-order valence-corrected chi connectivity index (χ1v) is 10.1. The van der Waals surface area contributed by atoms with Gasteiger partial charge in [-0.2, -0.15) is 0 Å². The number of ether oxygens (including phenoxy) is 2. The predicted octanol–water partition coefficient (Wildman–Crippen LogP) is 3.07. The Bertz CT molecular complexity index is 947. The molecular weight excluding hydrogens is 392 g/mol. The van der Waals surface area contributed by atoms with Crippen LogP contribution in [0.15, 0.2) is 36.4 Å². The van der Waals surface area contributed by atoms with E-state index in [2.05, 4.69) is 5.32 Å². The average molecular weight is 413 g/mol. The van der Waals surface area contributed by atoms with Gasteiger partial charge in [-0.05, 0) is 36.8 Å². The number of methoxy groups -OCH3 is 2. The van der Waals surface area contributed by atoms with Gasteiger partial charge < -0.3 is 14.8 Å². The first-order chi connectivity index (χ1) is 12.7. The number of carbonyl (C=O) groups excluding carboxylic acids is 1. The van der Waals surface area contributed by atoms with Crippen molar-refractivity contribution in [1.82, 2.24) is 0 Å². The summed E-state index contributed by atoms with van der Waals surface area (Å²) in [6.07, 6.45) is 1.02. The van der Waals surface area contributed by atoms with Crippen LogP contribution >= 0.6 is 11.6 Å². The Labute approximate surface area is 163 Å². The number of aryl methyl sites for hydroxylation is 1. The van der Waals surface area contributed by atoms with Gasteiger partial charge in [0, 0.05) is 16.8 Å². The molecule has 0 aliphatic carbocycles. The summed E-state index contributed by atoms with van der Waals surface area (Å²) < 4.78 is 36.0. The van der Waals surface area contributed by atoms with Crippen molar-refractivity contribution in [2.24, 2.45) is 0 Å². The number of nitrogens with zero attached hydrogens (tertiary/aromatic N) is 1. The molecule has 0 saturated heterocycles. The predicted molar refractivity (Wildman–Crippen MR) is 107 cm³/mol. The Morgan fingerprint density at radius 2 is 1.85 bits per heavy atom. The molecule has 2 aromatic carbocycles. The molecular formula is C18H21ClN2O5S. The number of hydrogen-bond donors (Lipinski definition) is 1. The second-order valence-corrected chi connectivity index (χ2v) is 8.13. The molecule has 0 fully saturated rings. The maximum absolute atomic E-state index is 12.5. The van der Waals surface area contributed by atoms with Crippen molar-refractivity contribution in [3.63, 3.8) is 0 Å². The molecule has 27 heavy (non-hydrogen) atoms. The largest absolute Gasteiger partial charge is 0.497 e. The van der Waals surface area contributed by atoms with Gasteiger partial charge in [0.25, 0.3) is 0 Å². The van der Waals surface area contributed by atoms with Crippen molar-refractivity contribution in [1.29, 1.82) is 0 Å². The van der Waals surface area contributed by atoms with Crippen molar-refractivity contribution in [2.75, 3.05) is 36.6 Å². The number of nitrogens with one attached hydrogen (secondary N) is 1. The van der Waals surface area contributed by atoms with Gasteiger partial charge in [-0.25, -0.2) is 8.42 Å². The van der Waals surface area contributed by atoms with Crippen LogP contribution in [0.5, 0.6) is 11.5 Å². The van der Waals surface area contributed by atoms with Crippen LogP contribution in [0.25, 0.3) is 0 Å². The van der Waals surface area contributed by atoms with Crippen LogP contribution in [0.1, 0.15) is 5.56 Å². The second-order valence-electron chi connectivity index (χ2n) is 5.82. The fourth-order valence-corrected chi connectivity index (χ4v) is 3.41. The van der Waals surface area contributed by atoms with Gasteiger partial charge in [-0.1, -0.05) is 17.7 Å². The van der Waals surface area contributed by atoms with E-state index in [9.17, 15) is 13.2 Å². The lowest BCUT2D eigenvalue weighted by atomic mass is 10.2. The third kappa shape index (κ3) is 5.27. The molecule has 2 rings (SSSR count). The van der Waals surface area contributed by atoms with Crippen LogP contribution in [0.4, 0.5) is 11.4 Å². The summed E-state index contributed by atoms with van der Waals surface area (Å²) in [5, 5.41) is 3.15. The van der Waals surface area contributed by atoms with Crippen LogP contribution in [0.2, 0.25) is 5.02 Å². The topological polar surface area (TPSA) is 84.9 Å². The lowest BCUT2D eigenvalue weighted by molar-refractivity contribution is -0.114. The summed E-state index contributed by atoms with van der Waals surface area (Å²) in [5.41, 5.74) is 1.55. The van der Waals surface area contributed by atoms with Crippen LogP contribution in [0.3, 0.4) is 0 Å². The first kappa shape index (κ1) is 20.9. The number of hydrogen-bond acceptors (Lipinski definition) is 5. The summed E-state index contributed by atoms with van der Waals surface area (Å²) in [4.78, 5) is 12.5. The van der Waals surface area contributed by atoms with Gasteiger partial charge in [0.15, 0.2) is 0 Å². The van der Waals surface area contributed by atoms with Gasteiger partial charge in [0.2, 0.25) is 15.9 Å². The highest BCUT2D eigenvalue weighted by molar-refractivity contribution is 7.92. The molecule has 0 spiro atoms. The number of sulfonamides is 1. The molecule has 0 unspecified atom stereocenters. The summed E-state index contributed by atoms with van der Waals surface area (Å²) in [6.45, 7) is 1.41. The van der Waals surface area contributed by atoms with E-state index in [1.54, 1.807) is 30.3 Å². The molecule has 0 aliphatic heterocycles. The van der Waals surface area contributed by atoms with Crippen LogP contribution in [0, 0.1) is 6.92 Å². The molecule has 7 nitrogen and oxygen atoms in total. The Morgan fingerprint density at radius 3 is 2.41 bits per heavy atom. The van der Waals surface area contributed by atoms with Crippen molar-refractivity contribution in [2.45, 2.75) is 6.92 Å². The normalized spacial score (nSPS) is 11.0. The van der Waals surface area contributed by atoms with Gasteiger partial charge >= 0.3 is 0 Å². The number of amides is 1. The number of anilines is 2. The molecule has 0 saturated carbocycles. The lowest BCUT2D eigenvalue weighted by Crippen LogP contribution is -2.37. The highest BCUT2D eigenvalue weighted by Crippen LogP contribution is 2.33. The van der Waals surface area contributed by atoms with Gasteiger partial charge in [-0.3, -0.25) is 9.10 Å². The van der Waals surface area contributed by atoms with Crippen LogP contribution < -0.4 is 19.1 Å². The highest BCUT2D eigenvalue weighted by atomic mass is 35.5. The fourth-order valence-electron chi connectivity index (χ4n) is 2.37. The minimum absolute atomic E-state index is 0.205. The minimum Gasteiger partial charge on any atom is -0.497 e. The highest BCUT2D eigenvalue weighted by Gasteiger charge is 2.24. The van der Waals surface area contributed by atoms with E-state index < -0.39 is 22.5 Å². The van der Waals surface area contributed by atoms with Crippen LogP contribution in [-0.4, -0.2) is 41.3 Å². The number of halogens is 1. The van der Waals surface area contributed by atoms with E-state index in [1.807, 2.05) is 6.92 Å². The first-order valence-electron chi connectivity index (χ1n) is 7.91. The fraction of sp³-hybridized carbons (Fsp3) is 0.278. The quantitative estimate of drug-likeness (QED) is 0.755. The summed E-state index contributed by atoms with van der Waals surface area (Å²) in [5.74, 6) is 0.211. The van der Waals surface area contributed by atoms with E-state index in [0.717, 1.165) is 16.1 Å². The third-order valence-electron chi connectivity index (χ3n) is 3.80. The molecule has 0 aliphatic rings. The second kappa shape index (κ2) is 8.49. The molecule has 9 heteroatoms. The van der Waals surface area contributed by atoms with Crippen molar-refractivity contribution in [3.8, 4) is 11.5 Å². The molecule has 1 N–H and O–H groups in total. The van der Waals surface area contributed by atoms with E-state index >= 15 is 0 Å². The van der Waals surface area contributed by atoms with Crippen molar-refractivity contribution in [3.05, 3.63) is 47.0 Å². The number of benzene rings is 2. The lowest BCUT2D eigenvalue weighted by Gasteiger charge is -2.24. The SMILES string of the molecule is COc1ccc(OC)c(N(CC(=O)Nc2ccc(C)c(Cl)c2)S(C)(=O)=O)c1. The Kier molecular flexibility index (Phi) is 6.56. The Balaban J connectivity index is 2.32. The zero-order valence-corrected chi connectivity index (χ0v) is 17.0. The van der Waals surface area contributed by atoms with E-state index in [-0.39, 0.29) is 5.69 Å². The maximum Gasteiger partial charge on any atom is 0.245 e. The Hall–Kier alpha value is -2.45. The summed E-state index contributed by atoms with van der Waals surface area (Å²) in [6, 6.07) is 9.76. The molecule has 0 radical (unpaired) electrons. The van der Waals surface area contributed by atoms with E-state index in [4.69, 9.17) is 21.1 Å². The number of rotatable bonds is 7. The van der Waals surface area contributed by atoms with Gasteiger partial charge in [0.05, 0.1) is 26.2 Å². The van der Waals surface area contributed by atoms with Gasteiger partial charge in [0.1, 0.15) is 18.0 Å². The monoisotopic (exact) mass is 412 g/mol. The molecule has 0 heterocycles. The maximum atomic E-state index is 12.5. The zero-order chi connectivity index (χ0) is 20.2. The summed E-state index contributed by atoms with van der Waals surface area (Å²) in [7, 11) is -0.888. The third-order valence-corrected chi connectivity index (χ3v) is 5.33. The molecule has 0 bridgehead atoms. The molecule has 2 aromatic rings. The van der Waals surface area contributed by atoms with E-state index in [1.165, 1.54) is 20.3 Å². The molecule has 0 atom stereocenters. The molecule has 1 amide bonds. The van der Waals surface area contributed by atoms with Gasteiger partial charge in [-0.15, -0.1) is 0 Å². The molecule has 146 valence electrons. The molecule has 0 aromatic heterocycles. The van der Waals surface area contributed by atoms with Crippen molar-refractivity contribution >= 4 is 38.9 Å². The number of carbonyl (C=O) groups is 1. The smallest absolute Gasteiger partial charge is 0.245 e. The average Bonchev–Trinajstić information content (AvgIpc) is 2.61. The summed E-state index contributed by atoms with van der Waals surface area (Å²) >= 11 is 6.06.